The van der Waals surface area contributed by atoms with Crippen molar-refractivity contribution in [1.82, 2.24) is 14.7 Å². The number of hydrogen-bond acceptors (Lipinski definition) is 3. The minimum absolute atomic E-state index is 0.543. The number of hydrogen-bond donors (Lipinski definition) is 0. The Balaban J connectivity index is 1.48. The number of nitrogens with zero attached hydrogens (tertiary/aromatic N) is 3. The van der Waals surface area contributed by atoms with E-state index in [-0.39, 0.29) is 0 Å². The van der Waals surface area contributed by atoms with Gasteiger partial charge in [0.2, 0.25) is 0 Å². The van der Waals surface area contributed by atoms with E-state index < -0.39 is 0 Å². The number of ether oxygens (including phenoxy) is 1. The topological polar surface area (TPSA) is 30.3 Å². The molecule has 0 aliphatic carbocycles. The standard InChI is InChI=1S/C18H25N3O/c1-2-21-14-16(13-19-21)10-12-20-11-6-7-17(20)15-22-18-8-4-3-5-9-18/h3-5,8-9,13-14,17H,2,6-7,10-12,15H2,1H3/t17-/m0/s1. The second kappa shape index (κ2) is 7.45. The predicted octanol–water partition coefficient (Wildman–Crippen LogP) is 2.99. The molecule has 2 aromatic rings. The van der Waals surface area contributed by atoms with Gasteiger partial charge in [0.05, 0.1) is 6.20 Å². The third kappa shape index (κ3) is 3.89. The summed E-state index contributed by atoms with van der Waals surface area (Å²) in [5.74, 6) is 0.971. The van der Waals surface area contributed by atoms with E-state index in [9.17, 15) is 0 Å². The summed E-state index contributed by atoms with van der Waals surface area (Å²) in [6.45, 7) is 6.13. The molecule has 0 bridgehead atoms. The highest BCUT2D eigenvalue weighted by Gasteiger charge is 2.24. The maximum atomic E-state index is 5.94. The smallest absolute Gasteiger partial charge is 0.119 e. The van der Waals surface area contributed by atoms with Crippen molar-refractivity contribution in [3.05, 3.63) is 48.3 Å². The van der Waals surface area contributed by atoms with E-state index in [4.69, 9.17) is 4.74 Å². The van der Waals surface area contributed by atoms with Gasteiger partial charge in [-0.3, -0.25) is 9.58 Å². The molecule has 1 aromatic heterocycles. The molecule has 1 aliphatic heterocycles. The molecule has 1 fully saturated rings. The molecule has 3 rings (SSSR count). The summed E-state index contributed by atoms with van der Waals surface area (Å²) < 4.78 is 7.93. The summed E-state index contributed by atoms with van der Waals surface area (Å²) in [6.07, 6.45) is 7.74. The van der Waals surface area contributed by atoms with Crippen LogP contribution in [-0.4, -0.2) is 40.4 Å². The van der Waals surface area contributed by atoms with Gasteiger partial charge >= 0.3 is 0 Å². The van der Waals surface area contributed by atoms with Gasteiger partial charge in [0.15, 0.2) is 0 Å². The molecule has 1 atom stereocenters. The maximum Gasteiger partial charge on any atom is 0.119 e. The Hall–Kier alpha value is -1.81. The molecular weight excluding hydrogens is 274 g/mol. The van der Waals surface area contributed by atoms with Crippen molar-refractivity contribution >= 4 is 0 Å². The molecule has 1 aromatic carbocycles. The Labute approximate surface area is 132 Å². The first kappa shape index (κ1) is 15.1. The first-order valence-electron chi connectivity index (χ1n) is 8.28. The normalized spacial score (nSPS) is 18.7. The SMILES string of the molecule is CCn1cc(CCN2CCC[C@H]2COc2ccccc2)cn1. The van der Waals surface area contributed by atoms with Gasteiger partial charge in [-0.25, -0.2) is 0 Å². The molecule has 1 aliphatic rings. The van der Waals surface area contributed by atoms with Gasteiger partial charge in [-0.1, -0.05) is 18.2 Å². The molecule has 4 heteroatoms. The zero-order valence-corrected chi connectivity index (χ0v) is 13.3. The van der Waals surface area contributed by atoms with Crippen LogP contribution in [0.15, 0.2) is 42.7 Å². The molecule has 0 amide bonds. The van der Waals surface area contributed by atoms with Gasteiger partial charge in [-0.15, -0.1) is 0 Å². The first-order valence-corrected chi connectivity index (χ1v) is 8.28. The van der Waals surface area contributed by atoms with Crippen LogP contribution in [0.1, 0.15) is 25.3 Å². The largest absolute Gasteiger partial charge is 0.492 e. The van der Waals surface area contributed by atoms with Crippen LogP contribution in [0.25, 0.3) is 0 Å². The summed E-state index contributed by atoms with van der Waals surface area (Å²) in [4.78, 5) is 2.56. The van der Waals surface area contributed by atoms with E-state index in [0.29, 0.717) is 6.04 Å². The van der Waals surface area contributed by atoms with Crippen LogP contribution in [0.5, 0.6) is 5.75 Å². The summed E-state index contributed by atoms with van der Waals surface area (Å²) in [5.41, 5.74) is 1.33. The molecule has 0 unspecified atom stereocenters. The molecular formula is C18H25N3O. The van der Waals surface area contributed by atoms with Gasteiger partial charge in [-0.2, -0.15) is 5.10 Å². The number of benzene rings is 1. The quantitative estimate of drug-likeness (QED) is 0.787. The maximum absolute atomic E-state index is 5.94. The molecule has 1 saturated heterocycles. The summed E-state index contributed by atoms with van der Waals surface area (Å²) >= 11 is 0. The Bertz CT molecular complexity index is 567. The third-order valence-corrected chi connectivity index (χ3v) is 4.38. The van der Waals surface area contributed by atoms with Crippen molar-refractivity contribution in [3.63, 3.8) is 0 Å². The summed E-state index contributed by atoms with van der Waals surface area (Å²) in [7, 11) is 0. The van der Waals surface area contributed by atoms with Crippen molar-refractivity contribution in [3.8, 4) is 5.75 Å². The molecule has 2 heterocycles. The number of rotatable bonds is 7. The van der Waals surface area contributed by atoms with Crippen LogP contribution in [0, 0.1) is 0 Å². The molecule has 0 spiro atoms. The summed E-state index contributed by atoms with van der Waals surface area (Å²) in [5, 5.41) is 4.35. The Morgan fingerprint density at radius 3 is 2.91 bits per heavy atom. The van der Waals surface area contributed by atoms with Crippen molar-refractivity contribution < 1.29 is 4.74 Å². The minimum atomic E-state index is 0.543. The third-order valence-electron chi connectivity index (χ3n) is 4.38. The van der Waals surface area contributed by atoms with E-state index in [1.165, 1.54) is 24.9 Å². The van der Waals surface area contributed by atoms with Gasteiger partial charge in [0, 0.05) is 25.3 Å². The number of aromatic nitrogens is 2. The van der Waals surface area contributed by atoms with Crippen LogP contribution in [-0.2, 0) is 13.0 Å². The van der Waals surface area contributed by atoms with Crippen molar-refractivity contribution in [2.45, 2.75) is 38.8 Å². The predicted molar refractivity (Wildman–Crippen MR) is 88.1 cm³/mol. The Morgan fingerprint density at radius 1 is 1.27 bits per heavy atom. The molecule has 0 radical (unpaired) electrons. The lowest BCUT2D eigenvalue weighted by Crippen LogP contribution is -2.35. The highest BCUT2D eigenvalue weighted by molar-refractivity contribution is 5.21. The lowest BCUT2D eigenvalue weighted by Gasteiger charge is -2.24. The highest BCUT2D eigenvalue weighted by atomic mass is 16.5. The fourth-order valence-corrected chi connectivity index (χ4v) is 3.07. The van der Waals surface area contributed by atoms with E-state index in [2.05, 4.69) is 23.1 Å². The Kier molecular flexibility index (Phi) is 5.11. The molecule has 118 valence electrons. The van der Waals surface area contributed by atoms with Crippen molar-refractivity contribution in [2.75, 3.05) is 19.7 Å². The Morgan fingerprint density at radius 2 is 2.14 bits per heavy atom. The van der Waals surface area contributed by atoms with E-state index >= 15 is 0 Å². The van der Waals surface area contributed by atoms with E-state index in [1.807, 2.05) is 41.2 Å². The fraction of sp³-hybridized carbons (Fsp3) is 0.500. The molecule has 22 heavy (non-hydrogen) atoms. The van der Waals surface area contributed by atoms with E-state index in [0.717, 1.165) is 31.9 Å². The average molecular weight is 299 g/mol. The fourth-order valence-electron chi connectivity index (χ4n) is 3.07. The van der Waals surface area contributed by atoms with Crippen molar-refractivity contribution in [2.24, 2.45) is 0 Å². The highest BCUT2D eigenvalue weighted by Crippen LogP contribution is 2.19. The lowest BCUT2D eigenvalue weighted by molar-refractivity contribution is 0.174. The van der Waals surface area contributed by atoms with Crippen LogP contribution >= 0.6 is 0 Å². The number of likely N-dealkylation sites (tertiary alicyclic amines) is 1. The summed E-state index contributed by atoms with van der Waals surface area (Å²) in [6, 6.07) is 10.7. The van der Waals surface area contributed by atoms with Gasteiger partial charge < -0.3 is 4.74 Å². The van der Waals surface area contributed by atoms with Crippen LogP contribution in [0.2, 0.25) is 0 Å². The van der Waals surface area contributed by atoms with Crippen LogP contribution < -0.4 is 4.74 Å². The monoisotopic (exact) mass is 299 g/mol. The second-order valence-corrected chi connectivity index (χ2v) is 5.91. The van der Waals surface area contributed by atoms with Gasteiger partial charge in [-0.05, 0) is 50.4 Å². The van der Waals surface area contributed by atoms with Crippen LogP contribution in [0.3, 0.4) is 0 Å². The van der Waals surface area contributed by atoms with Crippen LogP contribution in [0.4, 0.5) is 0 Å². The first-order chi connectivity index (χ1) is 10.8. The molecule has 0 N–H and O–H groups in total. The van der Waals surface area contributed by atoms with E-state index in [1.54, 1.807) is 0 Å². The zero-order chi connectivity index (χ0) is 15.2. The van der Waals surface area contributed by atoms with Gasteiger partial charge in [0.1, 0.15) is 12.4 Å². The van der Waals surface area contributed by atoms with Gasteiger partial charge in [0.25, 0.3) is 0 Å². The zero-order valence-electron chi connectivity index (χ0n) is 13.3. The molecule has 4 nitrogen and oxygen atoms in total. The minimum Gasteiger partial charge on any atom is -0.492 e. The van der Waals surface area contributed by atoms with Crippen molar-refractivity contribution in [1.29, 1.82) is 0 Å². The molecule has 0 saturated carbocycles. The lowest BCUT2D eigenvalue weighted by atomic mass is 10.2. The number of para-hydroxylation sites is 1. The second-order valence-electron chi connectivity index (χ2n) is 5.91. The number of aryl methyl sites for hydroxylation is 1. The average Bonchev–Trinajstić information content (AvgIpc) is 3.20.